The van der Waals surface area contributed by atoms with Crippen molar-refractivity contribution < 1.29 is 4.74 Å². The number of anilines is 4. The lowest BCUT2D eigenvalue weighted by molar-refractivity contribution is 0.413. The SMILES string of the molecule is CCc1ccccc1N(C)Nc1cc(N)c(N(C)CCN(C)C)cc1OC. The first-order valence-electron chi connectivity index (χ1n) is 9.29. The Morgan fingerprint density at radius 1 is 1.00 bits per heavy atom. The van der Waals surface area contributed by atoms with Crippen molar-refractivity contribution in [3.05, 3.63) is 42.0 Å². The van der Waals surface area contributed by atoms with E-state index in [1.165, 1.54) is 5.56 Å². The standard InChI is InChI=1S/C21H33N5O/c1-7-16-10-8-9-11-19(16)26(5)23-18-14-17(22)20(15-21(18)27-6)25(4)13-12-24(2)3/h8-11,14-15,23H,7,12-13,22H2,1-6H3. The van der Waals surface area contributed by atoms with Crippen LogP contribution in [0.2, 0.25) is 0 Å². The van der Waals surface area contributed by atoms with Gasteiger partial charge in [0.25, 0.3) is 0 Å². The van der Waals surface area contributed by atoms with E-state index in [4.69, 9.17) is 10.5 Å². The third kappa shape index (κ3) is 5.20. The Bertz CT molecular complexity index is 747. The van der Waals surface area contributed by atoms with E-state index in [1.807, 2.05) is 37.3 Å². The van der Waals surface area contributed by atoms with Gasteiger partial charge in [0.15, 0.2) is 0 Å². The van der Waals surface area contributed by atoms with Crippen LogP contribution in [-0.4, -0.2) is 53.3 Å². The van der Waals surface area contributed by atoms with Gasteiger partial charge in [-0.25, -0.2) is 0 Å². The van der Waals surface area contributed by atoms with Gasteiger partial charge in [-0.05, 0) is 38.2 Å². The minimum absolute atomic E-state index is 0.719. The first kappa shape index (κ1) is 20.7. The lowest BCUT2D eigenvalue weighted by atomic mass is 10.1. The summed E-state index contributed by atoms with van der Waals surface area (Å²) in [6, 6.07) is 12.3. The van der Waals surface area contributed by atoms with Gasteiger partial charge < -0.3 is 20.3 Å². The number of aryl methyl sites for hydroxylation is 1. The van der Waals surface area contributed by atoms with Crippen LogP contribution in [0.25, 0.3) is 0 Å². The highest BCUT2D eigenvalue weighted by Gasteiger charge is 2.14. The minimum Gasteiger partial charge on any atom is -0.494 e. The van der Waals surface area contributed by atoms with E-state index in [1.54, 1.807) is 7.11 Å². The van der Waals surface area contributed by atoms with E-state index in [0.717, 1.165) is 48.0 Å². The second-order valence-corrected chi connectivity index (χ2v) is 6.99. The van der Waals surface area contributed by atoms with Crippen LogP contribution in [0.3, 0.4) is 0 Å². The molecular formula is C21H33N5O. The topological polar surface area (TPSA) is 57.0 Å². The lowest BCUT2D eigenvalue weighted by Gasteiger charge is -2.27. The molecule has 27 heavy (non-hydrogen) atoms. The fraction of sp³-hybridized carbons (Fsp3) is 0.429. The molecule has 0 aliphatic carbocycles. The summed E-state index contributed by atoms with van der Waals surface area (Å²) < 4.78 is 5.63. The Balaban J connectivity index is 2.25. The number of likely N-dealkylation sites (N-methyl/N-ethyl adjacent to an activating group) is 2. The minimum atomic E-state index is 0.719. The predicted octanol–water partition coefficient (Wildman–Crippen LogP) is 3.30. The van der Waals surface area contributed by atoms with Crippen molar-refractivity contribution in [2.45, 2.75) is 13.3 Å². The number of nitrogens with two attached hydrogens (primary N) is 1. The van der Waals surface area contributed by atoms with Crippen molar-refractivity contribution in [2.75, 3.05) is 69.5 Å². The number of benzene rings is 2. The molecule has 0 bridgehead atoms. The maximum absolute atomic E-state index is 6.35. The van der Waals surface area contributed by atoms with Crippen LogP contribution in [-0.2, 0) is 6.42 Å². The molecule has 0 radical (unpaired) electrons. The van der Waals surface area contributed by atoms with Crippen LogP contribution in [0.4, 0.5) is 22.7 Å². The molecule has 2 aromatic carbocycles. The predicted molar refractivity (Wildman–Crippen MR) is 117 cm³/mol. The molecule has 3 N–H and O–H groups in total. The Hall–Kier alpha value is -2.60. The molecule has 0 aromatic heterocycles. The Labute approximate surface area is 163 Å². The number of nitrogens with one attached hydrogen (secondary N) is 1. The number of hydrogen-bond acceptors (Lipinski definition) is 6. The number of hydrazine groups is 1. The highest BCUT2D eigenvalue weighted by atomic mass is 16.5. The van der Waals surface area contributed by atoms with Crippen molar-refractivity contribution in [2.24, 2.45) is 0 Å². The van der Waals surface area contributed by atoms with Crippen LogP contribution < -0.4 is 25.8 Å². The molecule has 0 heterocycles. The number of para-hydroxylation sites is 1. The number of nitrogen functional groups attached to an aromatic ring is 1. The van der Waals surface area contributed by atoms with E-state index in [0.29, 0.717) is 0 Å². The lowest BCUT2D eigenvalue weighted by Crippen LogP contribution is -2.29. The third-order valence-electron chi connectivity index (χ3n) is 4.66. The zero-order valence-corrected chi connectivity index (χ0v) is 17.4. The smallest absolute Gasteiger partial charge is 0.145 e. The summed E-state index contributed by atoms with van der Waals surface area (Å²) in [4.78, 5) is 4.30. The molecule has 0 unspecified atom stereocenters. The molecule has 6 nitrogen and oxygen atoms in total. The first-order chi connectivity index (χ1) is 12.9. The number of hydrogen-bond donors (Lipinski definition) is 2. The highest BCUT2D eigenvalue weighted by Crippen LogP contribution is 2.35. The highest BCUT2D eigenvalue weighted by molar-refractivity contribution is 5.78. The van der Waals surface area contributed by atoms with Crippen LogP contribution in [0.1, 0.15) is 12.5 Å². The normalized spacial score (nSPS) is 10.8. The van der Waals surface area contributed by atoms with Gasteiger partial charge >= 0.3 is 0 Å². The van der Waals surface area contributed by atoms with E-state index < -0.39 is 0 Å². The maximum Gasteiger partial charge on any atom is 0.145 e. The second-order valence-electron chi connectivity index (χ2n) is 6.99. The molecule has 0 aliphatic heterocycles. The molecule has 2 aromatic rings. The molecule has 148 valence electrons. The summed E-state index contributed by atoms with van der Waals surface area (Å²) in [7, 11) is 9.86. The van der Waals surface area contributed by atoms with Gasteiger partial charge in [-0.2, -0.15) is 0 Å². The van der Waals surface area contributed by atoms with Gasteiger partial charge in [-0.15, -0.1) is 0 Å². The summed E-state index contributed by atoms with van der Waals surface area (Å²) in [6.45, 7) is 4.00. The average molecular weight is 372 g/mol. The fourth-order valence-corrected chi connectivity index (χ4v) is 3.02. The van der Waals surface area contributed by atoms with Gasteiger partial charge in [0.2, 0.25) is 0 Å². The van der Waals surface area contributed by atoms with E-state index >= 15 is 0 Å². The average Bonchev–Trinajstić information content (AvgIpc) is 2.66. The number of rotatable bonds is 9. The molecule has 0 atom stereocenters. The molecule has 0 aliphatic rings. The molecule has 0 spiro atoms. The Morgan fingerprint density at radius 2 is 1.70 bits per heavy atom. The summed E-state index contributed by atoms with van der Waals surface area (Å²) in [6.07, 6.45) is 0.969. The largest absolute Gasteiger partial charge is 0.494 e. The van der Waals surface area contributed by atoms with Gasteiger partial charge in [0, 0.05) is 33.3 Å². The van der Waals surface area contributed by atoms with Crippen LogP contribution >= 0.6 is 0 Å². The van der Waals surface area contributed by atoms with Crippen LogP contribution in [0, 0.1) is 0 Å². The molecule has 0 saturated heterocycles. The Morgan fingerprint density at radius 3 is 2.33 bits per heavy atom. The number of ether oxygens (including phenoxy) is 1. The summed E-state index contributed by atoms with van der Waals surface area (Å²) in [5.41, 5.74) is 14.7. The maximum atomic E-state index is 6.35. The van der Waals surface area contributed by atoms with E-state index in [9.17, 15) is 0 Å². The van der Waals surface area contributed by atoms with Crippen molar-refractivity contribution in [1.82, 2.24) is 4.90 Å². The van der Waals surface area contributed by atoms with E-state index in [2.05, 4.69) is 54.4 Å². The van der Waals surface area contributed by atoms with Crippen molar-refractivity contribution in [3.8, 4) is 5.75 Å². The van der Waals surface area contributed by atoms with Crippen molar-refractivity contribution >= 4 is 22.7 Å². The molecule has 0 fully saturated rings. The number of methoxy groups -OCH3 is 1. The van der Waals surface area contributed by atoms with Crippen LogP contribution in [0.15, 0.2) is 36.4 Å². The summed E-state index contributed by atoms with van der Waals surface area (Å²) >= 11 is 0. The van der Waals surface area contributed by atoms with Gasteiger partial charge in [0.05, 0.1) is 29.9 Å². The van der Waals surface area contributed by atoms with Gasteiger partial charge in [0.1, 0.15) is 5.75 Å². The quantitative estimate of drug-likeness (QED) is 0.521. The monoisotopic (exact) mass is 371 g/mol. The number of nitrogens with zero attached hydrogens (tertiary/aromatic N) is 3. The van der Waals surface area contributed by atoms with Crippen molar-refractivity contribution in [1.29, 1.82) is 0 Å². The zero-order valence-electron chi connectivity index (χ0n) is 17.4. The summed E-state index contributed by atoms with van der Waals surface area (Å²) in [5.74, 6) is 0.761. The fourth-order valence-electron chi connectivity index (χ4n) is 3.02. The second kappa shape index (κ2) is 9.37. The van der Waals surface area contributed by atoms with E-state index in [-0.39, 0.29) is 0 Å². The Kier molecular flexibility index (Phi) is 7.19. The van der Waals surface area contributed by atoms with Crippen molar-refractivity contribution in [3.63, 3.8) is 0 Å². The molecule has 6 heteroatoms. The molecular weight excluding hydrogens is 338 g/mol. The molecule has 2 rings (SSSR count). The zero-order chi connectivity index (χ0) is 20.0. The summed E-state index contributed by atoms with van der Waals surface area (Å²) in [5, 5.41) is 2.01. The molecule has 0 amide bonds. The molecule has 0 saturated carbocycles. The van der Waals surface area contributed by atoms with Gasteiger partial charge in [-0.1, -0.05) is 25.1 Å². The van der Waals surface area contributed by atoms with Gasteiger partial charge in [-0.3, -0.25) is 10.4 Å². The first-order valence-corrected chi connectivity index (χ1v) is 9.29. The third-order valence-corrected chi connectivity index (χ3v) is 4.66. The van der Waals surface area contributed by atoms with Crippen LogP contribution in [0.5, 0.6) is 5.75 Å².